The number of likely N-dealkylation sites (tertiary alicyclic amines) is 1. The fourth-order valence-corrected chi connectivity index (χ4v) is 3.43. The van der Waals surface area contributed by atoms with Crippen LogP contribution in [0.15, 0.2) is 35.0 Å². The van der Waals surface area contributed by atoms with Gasteiger partial charge in [-0.2, -0.15) is 11.3 Å². The number of carbonyl (C=O) groups excluding carboxylic acids is 2. The van der Waals surface area contributed by atoms with Gasteiger partial charge in [0.2, 0.25) is 0 Å². The lowest BCUT2D eigenvalue weighted by molar-refractivity contribution is 0.0697. The van der Waals surface area contributed by atoms with E-state index in [4.69, 9.17) is 0 Å². The number of halogens is 1. The molecule has 4 nitrogen and oxygen atoms in total. The number of piperidine rings is 1. The smallest absolute Gasteiger partial charge is 0.253 e. The summed E-state index contributed by atoms with van der Waals surface area (Å²) in [6.07, 6.45) is 1.41. The zero-order valence-corrected chi connectivity index (χ0v) is 14.2. The van der Waals surface area contributed by atoms with E-state index in [2.05, 4.69) is 5.32 Å². The largest absolute Gasteiger partial charge is 0.349 e. The number of thiophene rings is 1. The van der Waals surface area contributed by atoms with Gasteiger partial charge in [0.1, 0.15) is 5.82 Å². The lowest BCUT2D eigenvalue weighted by atomic mass is 10.0. The van der Waals surface area contributed by atoms with Crippen LogP contribution in [-0.4, -0.2) is 35.8 Å². The van der Waals surface area contributed by atoms with Crippen molar-refractivity contribution in [3.05, 3.63) is 57.5 Å². The molecular formula is C18H19FN2O2S. The summed E-state index contributed by atoms with van der Waals surface area (Å²) in [6.45, 7) is 2.79. The van der Waals surface area contributed by atoms with Gasteiger partial charge in [0.25, 0.3) is 11.8 Å². The molecule has 0 bridgehead atoms. The maximum Gasteiger partial charge on any atom is 0.253 e. The molecule has 126 valence electrons. The van der Waals surface area contributed by atoms with E-state index in [1.807, 2.05) is 10.8 Å². The fraction of sp³-hybridized carbons (Fsp3) is 0.333. The lowest BCUT2D eigenvalue weighted by Crippen LogP contribution is -2.46. The zero-order valence-electron chi connectivity index (χ0n) is 13.4. The average molecular weight is 346 g/mol. The van der Waals surface area contributed by atoms with Crippen LogP contribution in [0.3, 0.4) is 0 Å². The summed E-state index contributed by atoms with van der Waals surface area (Å²) in [5.74, 6) is -0.586. The Bertz CT molecular complexity index is 737. The van der Waals surface area contributed by atoms with Crippen LogP contribution >= 0.6 is 11.3 Å². The van der Waals surface area contributed by atoms with Crippen LogP contribution < -0.4 is 5.32 Å². The van der Waals surface area contributed by atoms with Crippen LogP contribution in [0, 0.1) is 12.7 Å². The molecule has 1 aromatic heterocycles. The topological polar surface area (TPSA) is 49.4 Å². The van der Waals surface area contributed by atoms with Crippen LogP contribution in [0.2, 0.25) is 0 Å². The highest BCUT2D eigenvalue weighted by Crippen LogP contribution is 2.17. The van der Waals surface area contributed by atoms with Crippen molar-refractivity contribution in [3.63, 3.8) is 0 Å². The van der Waals surface area contributed by atoms with Crippen molar-refractivity contribution in [3.8, 4) is 0 Å². The Kier molecular flexibility index (Phi) is 4.94. The minimum Gasteiger partial charge on any atom is -0.349 e. The predicted octanol–water partition coefficient (Wildman–Crippen LogP) is 3.23. The molecule has 1 aliphatic rings. The van der Waals surface area contributed by atoms with E-state index >= 15 is 0 Å². The van der Waals surface area contributed by atoms with Crippen molar-refractivity contribution >= 4 is 23.2 Å². The summed E-state index contributed by atoms with van der Waals surface area (Å²) in [6, 6.07) is 6.44. The first-order valence-electron chi connectivity index (χ1n) is 7.93. The third kappa shape index (κ3) is 3.64. The van der Waals surface area contributed by atoms with E-state index in [1.165, 1.54) is 17.4 Å². The molecule has 2 amide bonds. The van der Waals surface area contributed by atoms with Crippen molar-refractivity contribution in [2.45, 2.75) is 25.8 Å². The highest BCUT2D eigenvalue weighted by Gasteiger charge is 2.25. The number of amides is 2. The van der Waals surface area contributed by atoms with Crippen molar-refractivity contribution in [2.24, 2.45) is 0 Å². The Labute approximate surface area is 144 Å². The SMILES string of the molecule is Cc1ccc(C(=O)N2CCC(NC(=O)c3ccsc3)CC2)cc1F. The molecule has 1 saturated heterocycles. The van der Waals surface area contributed by atoms with Crippen molar-refractivity contribution < 1.29 is 14.0 Å². The number of hydrogen-bond acceptors (Lipinski definition) is 3. The zero-order chi connectivity index (χ0) is 17.1. The number of rotatable bonds is 3. The van der Waals surface area contributed by atoms with E-state index < -0.39 is 0 Å². The van der Waals surface area contributed by atoms with Crippen molar-refractivity contribution in [1.82, 2.24) is 10.2 Å². The van der Waals surface area contributed by atoms with Gasteiger partial charge in [-0.1, -0.05) is 6.07 Å². The molecule has 2 aromatic rings. The second-order valence-electron chi connectivity index (χ2n) is 6.02. The molecule has 6 heteroatoms. The maximum atomic E-state index is 13.6. The van der Waals surface area contributed by atoms with Crippen LogP contribution in [-0.2, 0) is 0 Å². The maximum absolute atomic E-state index is 13.6. The van der Waals surface area contributed by atoms with Crippen molar-refractivity contribution in [1.29, 1.82) is 0 Å². The van der Waals surface area contributed by atoms with Gasteiger partial charge in [-0.25, -0.2) is 4.39 Å². The Hall–Kier alpha value is -2.21. The van der Waals surface area contributed by atoms with Crippen molar-refractivity contribution in [2.75, 3.05) is 13.1 Å². The van der Waals surface area contributed by atoms with Gasteiger partial charge in [-0.3, -0.25) is 9.59 Å². The molecule has 3 rings (SSSR count). The van der Waals surface area contributed by atoms with Gasteiger partial charge in [-0.05, 0) is 48.9 Å². The quantitative estimate of drug-likeness (QED) is 0.928. The summed E-state index contributed by atoms with van der Waals surface area (Å²) in [5, 5.41) is 6.70. The standard InChI is InChI=1S/C18H19FN2O2S/c1-12-2-3-13(10-16(12)19)18(23)21-7-4-15(5-8-21)20-17(22)14-6-9-24-11-14/h2-3,6,9-11,15H,4-5,7-8H2,1H3,(H,20,22). The molecule has 0 saturated carbocycles. The molecule has 1 aliphatic heterocycles. The number of aryl methyl sites for hydroxylation is 1. The Morgan fingerprint density at radius 2 is 1.96 bits per heavy atom. The summed E-state index contributed by atoms with van der Waals surface area (Å²) < 4.78 is 13.6. The Morgan fingerprint density at radius 3 is 2.58 bits per heavy atom. The molecule has 24 heavy (non-hydrogen) atoms. The second kappa shape index (κ2) is 7.13. The molecular weight excluding hydrogens is 327 g/mol. The molecule has 0 radical (unpaired) electrons. The lowest BCUT2D eigenvalue weighted by Gasteiger charge is -2.32. The van der Waals surface area contributed by atoms with Gasteiger partial charge in [0, 0.05) is 35.6 Å². The molecule has 2 heterocycles. The molecule has 1 aromatic carbocycles. The minimum atomic E-state index is -0.362. The first-order valence-corrected chi connectivity index (χ1v) is 8.87. The second-order valence-corrected chi connectivity index (χ2v) is 6.80. The van der Waals surface area contributed by atoms with E-state index in [0.717, 1.165) is 0 Å². The number of nitrogens with one attached hydrogen (secondary N) is 1. The monoisotopic (exact) mass is 346 g/mol. The van der Waals surface area contributed by atoms with Gasteiger partial charge in [-0.15, -0.1) is 0 Å². The van der Waals surface area contributed by atoms with Crippen LogP contribution in [0.4, 0.5) is 4.39 Å². The molecule has 0 unspecified atom stereocenters. The summed E-state index contributed by atoms with van der Waals surface area (Å²) >= 11 is 1.49. The minimum absolute atomic E-state index is 0.0659. The van der Waals surface area contributed by atoms with Crippen LogP contribution in [0.25, 0.3) is 0 Å². The molecule has 0 atom stereocenters. The van der Waals surface area contributed by atoms with Gasteiger partial charge >= 0.3 is 0 Å². The van der Waals surface area contributed by atoms with E-state index in [1.54, 1.807) is 30.0 Å². The molecule has 0 spiro atoms. The normalized spacial score (nSPS) is 15.3. The number of hydrogen-bond donors (Lipinski definition) is 1. The van der Waals surface area contributed by atoms with E-state index in [-0.39, 0.29) is 23.7 Å². The number of carbonyl (C=O) groups is 2. The van der Waals surface area contributed by atoms with Gasteiger partial charge in [0.05, 0.1) is 0 Å². The number of nitrogens with zero attached hydrogens (tertiary/aromatic N) is 1. The molecule has 1 fully saturated rings. The van der Waals surface area contributed by atoms with Gasteiger partial charge < -0.3 is 10.2 Å². The highest BCUT2D eigenvalue weighted by molar-refractivity contribution is 7.08. The summed E-state index contributed by atoms with van der Waals surface area (Å²) in [5.41, 5.74) is 1.58. The Morgan fingerprint density at radius 1 is 1.21 bits per heavy atom. The third-order valence-corrected chi connectivity index (χ3v) is 5.00. The Balaban J connectivity index is 1.55. The predicted molar refractivity (Wildman–Crippen MR) is 91.8 cm³/mol. The molecule has 0 aliphatic carbocycles. The van der Waals surface area contributed by atoms with E-state index in [9.17, 15) is 14.0 Å². The fourth-order valence-electron chi connectivity index (χ4n) is 2.80. The first-order chi connectivity index (χ1) is 11.5. The average Bonchev–Trinajstić information content (AvgIpc) is 3.12. The van der Waals surface area contributed by atoms with E-state index in [0.29, 0.717) is 42.6 Å². The number of benzene rings is 1. The summed E-state index contributed by atoms with van der Waals surface area (Å²) in [7, 11) is 0. The molecule has 1 N–H and O–H groups in total. The van der Waals surface area contributed by atoms with Crippen LogP contribution in [0.1, 0.15) is 39.1 Å². The summed E-state index contributed by atoms with van der Waals surface area (Å²) in [4.78, 5) is 26.2. The highest BCUT2D eigenvalue weighted by atomic mass is 32.1. The van der Waals surface area contributed by atoms with Crippen LogP contribution in [0.5, 0.6) is 0 Å². The third-order valence-electron chi connectivity index (χ3n) is 4.32. The van der Waals surface area contributed by atoms with Gasteiger partial charge in [0.15, 0.2) is 0 Å². The first kappa shape index (κ1) is 16.6.